The molecule has 2 unspecified atom stereocenters. The predicted molar refractivity (Wildman–Crippen MR) is 134 cm³/mol. The van der Waals surface area contributed by atoms with Crippen LogP contribution in [0.4, 0.5) is 13.2 Å². The Bertz CT molecular complexity index is 1150. The minimum atomic E-state index is -4.58. The number of rotatable bonds is 8. The smallest absolute Gasteiger partial charge is 0.380 e. The highest BCUT2D eigenvalue weighted by atomic mass is 32.2. The Labute approximate surface area is 218 Å². The number of thioether (sulfide) groups is 1. The maximum atomic E-state index is 13.2. The van der Waals surface area contributed by atoms with Gasteiger partial charge in [0.05, 0.1) is 18.7 Å². The fraction of sp³-hybridized carbons (Fsp3) is 0.577. The van der Waals surface area contributed by atoms with Crippen molar-refractivity contribution in [1.29, 1.82) is 0 Å². The Morgan fingerprint density at radius 3 is 2.81 bits per heavy atom. The number of pyridine rings is 2. The lowest BCUT2D eigenvalue weighted by Gasteiger charge is -2.30. The minimum absolute atomic E-state index is 0.0873. The molecular weight excluding hydrogens is 505 g/mol. The number of hydrogen-bond donors (Lipinski definition) is 0. The summed E-state index contributed by atoms with van der Waals surface area (Å²) in [6.07, 6.45) is 0.489. The molecule has 5 heterocycles. The van der Waals surface area contributed by atoms with E-state index in [-0.39, 0.29) is 31.3 Å². The summed E-state index contributed by atoms with van der Waals surface area (Å²) < 4.78 is 46.5. The number of ether oxygens (including phenoxy) is 1. The van der Waals surface area contributed by atoms with Crippen LogP contribution in [-0.2, 0) is 34.6 Å². The van der Waals surface area contributed by atoms with Crippen molar-refractivity contribution in [2.24, 2.45) is 5.92 Å². The standard InChI is InChI=1S/C26H31F3N4O3S/c27-26(28,29)20-9-22-13-31(5-6-33(22)25(35)10-20)14-23(34)8-19-12-32(21-3-7-36-16-21)15-24(19)37-17-18-2-1-4-30-11-18/h1-2,4,9-11,19,21,24H,3,5-8,12-17H2/t19?,21?,24-/m0/s1. The van der Waals surface area contributed by atoms with Gasteiger partial charge in [-0.05, 0) is 30.0 Å². The Hall–Kier alpha value is -2.21. The van der Waals surface area contributed by atoms with Crippen LogP contribution in [0.2, 0.25) is 0 Å². The second-order valence-corrected chi connectivity index (χ2v) is 11.3. The molecule has 0 saturated carbocycles. The van der Waals surface area contributed by atoms with E-state index in [0.29, 0.717) is 36.0 Å². The Kier molecular flexibility index (Phi) is 8.04. The van der Waals surface area contributed by atoms with E-state index in [9.17, 15) is 22.8 Å². The minimum Gasteiger partial charge on any atom is -0.380 e. The highest BCUT2D eigenvalue weighted by Crippen LogP contribution is 2.35. The molecule has 3 aliphatic rings. The molecule has 0 aliphatic carbocycles. The van der Waals surface area contributed by atoms with E-state index in [4.69, 9.17) is 4.74 Å². The van der Waals surface area contributed by atoms with Crippen molar-refractivity contribution in [3.8, 4) is 0 Å². The molecule has 11 heteroatoms. The van der Waals surface area contributed by atoms with E-state index in [1.54, 1.807) is 6.20 Å². The maximum Gasteiger partial charge on any atom is 0.416 e. The zero-order valence-electron chi connectivity index (χ0n) is 20.5. The fourth-order valence-electron chi connectivity index (χ4n) is 5.54. The first kappa shape index (κ1) is 26.4. The molecule has 2 fully saturated rings. The van der Waals surface area contributed by atoms with Crippen molar-refractivity contribution < 1.29 is 22.7 Å². The van der Waals surface area contributed by atoms with Gasteiger partial charge in [0.2, 0.25) is 0 Å². The van der Waals surface area contributed by atoms with E-state index >= 15 is 0 Å². The van der Waals surface area contributed by atoms with Crippen molar-refractivity contribution in [2.45, 2.75) is 49.2 Å². The second-order valence-electron chi connectivity index (χ2n) is 10.1. The van der Waals surface area contributed by atoms with Crippen LogP contribution in [0.3, 0.4) is 0 Å². The average Bonchev–Trinajstić information content (AvgIpc) is 3.53. The van der Waals surface area contributed by atoms with Crippen molar-refractivity contribution in [2.75, 3.05) is 39.4 Å². The predicted octanol–water partition coefficient (Wildman–Crippen LogP) is 3.06. The highest BCUT2D eigenvalue weighted by molar-refractivity contribution is 7.99. The Morgan fingerprint density at radius 1 is 1.22 bits per heavy atom. The lowest BCUT2D eigenvalue weighted by molar-refractivity contribution is -0.138. The van der Waals surface area contributed by atoms with Crippen LogP contribution >= 0.6 is 11.8 Å². The number of fused-ring (bicyclic) bond motifs is 1. The van der Waals surface area contributed by atoms with E-state index in [0.717, 1.165) is 50.1 Å². The lowest BCUT2D eigenvalue weighted by Crippen LogP contribution is -2.42. The van der Waals surface area contributed by atoms with Crippen molar-refractivity contribution in [3.63, 3.8) is 0 Å². The van der Waals surface area contributed by atoms with Gasteiger partial charge in [0.15, 0.2) is 0 Å². The zero-order valence-corrected chi connectivity index (χ0v) is 21.3. The lowest BCUT2D eigenvalue weighted by atomic mass is 10.0. The number of carbonyl (C=O) groups is 1. The quantitative estimate of drug-likeness (QED) is 0.514. The zero-order chi connectivity index (χ0) is 26.0. The molecule has 0 amide bonds. The molecular formula is C26H31F3N4O3S. The number of Topliss-reactive ketones (excluding diaryl/α,β-unsaturated/α-hetero) is 1. The van der Waals surface area contributed by atoms with Crippen LogP contribution in [-0.4, -0.2) is 75.8 Å². The molecule has 0 spiro atoms. The molecule has 0 bridgehead atoms. The van der Waals surface area contributed by atoms with Crippen LogP contribution in [0.15, 0.2) is 41.5 Å². The van der Waals surface area contributed by atoms with E-state index < -0.39 is 17.3 Å². The van der Waals surface area contributed by atoms with Gasteiger partial charge < -0.3 is 9.30 Å². The Balaban J connectivity index is 1.22. The van der Waals surface area contributed by atoms with Crippen molar-refractivity contribution in [3.05, 3.63) is 63.8 Å². The average molecular weight is 537 g/mol. The molecule has 0 aromatic carbocycles. The third-order valence-electron chi connectivity index (χ3n) is 7.47. The highest BCUT2D eigenvalue weighted by Gasteiger charge is 2.39. The summed E-state index contributed by atoms with van der Waals surface area (Å²) in [4.78, 5) is 33.9. The van der Waals surface area contributed by atoms with Gasteiger partial charge in [0.25, 0.3) is 5.56 Å². The summed E-state index contributed by atoms with van der Waals surface area (Å²) in [5.74, 6) is 1.12. The summed E-state index contributed by atoms with van der Waals surface area (Å²) in [5, 5.41) is 0.305. The Morgan fingerprint density at radius 2 is 2.08 bits per heavy atom. The molecule has 3 aliphatic heterocycles. The SMILES string of the molecule is O=C(CC1CN(C2CCOC2)C[C@@H]1SCc1cccnc1)CN1CCn2c(cc(C(F)(F)F)cc2=O)C1. The molecule has 2 saturated heterocycles. The van der Waals surface area contributed by atoms with Crippen LogP contribution in [0, 0.1) is 5.92 Å². The molecule has 7 nitrogen and oxygen atoms in total. The van der Waals surface area contributed by atoms with Crippen molar-refractivity contribution >= 4 is 17.5 Å². The number of nitrogens with zero attached hydrogens (tertiary/aromatic N) is 4. The number of alkyl halides is 3. The summed E-state index contributed by atoms with van der Waals surface area (Å²) in [6.45, 7) is 4.32. The molecule has 2 aromatic heterocycles. The number of ketones is 1. The molecule has 200 valence electrons. The maximum absolute atomic E-state index is 13.2. The third kappa shape index (κ3) is 6.45. The van der Waals surface area contributed by atoms with Gasteiger partial charge in [-0.3, -0.25) is 24.4 Å². The number of likely N-dealkylation sites (tertiary alicyclic amines) is 1. The van der Waals surface area contributed by atoms with Gasteiger partial charge in [-0.1, -0.05) is 6.07 Å². The van der Waals surface area contributed by atoms with Gasteiger partial charge >= 0.3 is 6.18 Å². The number of halogens is 3. The van der Waals surface area contributed by atoms with Crippen LogP contribution in [0.5, 0.6) is 0 Å². The topological polar surface area (TPSA) is 67.7 Å². The molecule has 37 heavy (non-hydrogen) atoms. The van der Waals surface area contributed by atoms with E-state index in [2.05, 4.69) is 16.0 Å². The summed E-state index contributed by atoms with van der Waals surface area (Å²) in [5.41, 5.74) is -0.128. The normalized spacial score (nSPS) is 24.9. The van der Waals surface area contributed by atoms with Crippen molar-refractivity contribution in [1.82, 2.24) is 19.4 Å². The van der Waals surface area contributed by atoms with Gasteiger partial charge in [0, 0.05) is 87.0 Å². The first-order chi connectivity index (χ1) is 17.8. The first-order valence-corrected chi connectivity index (χ1v) is 13.7. The first-order valence-electron chi connectivity index (χ1n) is 12.6. The van der Waals surface area contributed by atoms with Gasteiger partial charge in [-0.25, -0.2) is 0 Å². The number of carbonyl (C=O) groups excluding carboxylic acids is 1. The van der Waals surface area contributed by atoms with Gasteiger partial charge in [-0.2, -0.15) is 24.9 Å². The summed E-state index contributed by atoms with van der Waals surface area (Å²) in [6, 6.07) is 6.05. The number of hydrogen-bond acceptors (Lipinski definition) is 7. The summed E-state index contributed by atoms with van der Waals surface area (Å²) in [7, 11) is 0. The molecule has 0 N–H and O–H groups in total. The van der Waals surface area contributed by atoms with Crippen LogP contribution in [0.1, 0.15) is 29.7 Å². The second kappa shape index (κ2) is 11.3. The number of aromatic nitrogens is 2. The molecule has 0 radical (unpaired) electrons. The summed E-state index contributed by atoms with van der Waals surface area (Å²) >= 11 is 1.86. The fourth-order valence-corrected chi connectivity index (χ4v) is 6.87. The van der Waals surface area contributed by atoms with Gasteiger partial charge in [-0.15, -0.1) is 0 Å². The largest absolute Gasteiger partial charge is 0.416 e. The van der Waals surface area contributed by atoms with Crippen LogP contribution < -0.4 is 5.56 Å². The van der Waals surface area contributed by atoms with E-state index in [1.807, 2.05) is 28.9 Å². The molecule has 5 rings (SSSR count). The third-order valence-corrected chi connectivity index (χ3v) is 8.94. The molecule has 3 atom stereocenters. The van der Waals surface area contributed by atoms with E-state index in [1.165, 1.54) is 4.57 Å². The van der Waals surface area contributed by atoms with Crippen LogP contribution in [0.25, 0.3) is 0 Å². The van der Waals surface area contributed by atoms with Gasteiger partial charge in [0.1, 0.15) is 5.78 Å². The molecule has 2 aromatic rings. The monoisotopic (exact) mass is 536 g/mol.